The minimum atomic E-state index is -0.338. The van der Waals surface area contributed by atoms with E-state index in [1.807, 2.05) is 6.92 Å². The molecule has 0 N–H and O–H groups in total. The summed E-state index contributed by atoms with van der Waals surface area (Å²) in [5.74, 6) is 0.0600. The minimum absolute atomic E-state index is 0.140. The molecule has 4 rings (SSSR count). The molecule has 7 heteroatoms. The Morgan fingerprint density at radius 1 is 1.17 bits per heavy atom. The number of aromatic nitrogens is 5. The van der Waals surface area contributed by atoms with Gasteiger partial charge in [0.15, 0.2) is 0 Å². The number of halogens is 1. The maximum Gasteiger partial charge on any atom is 0.262 e. The molecule has 120 valence electrons. The molecule has 0 atom stereocenters. The number of hydrogen-bond acceptors (Lipinski definition) is 4. The van der Waals surface area contributed by atoms with Crippen LogP contribution in [-0.4, -0.2) is 24.1 Å². The van der Waals surface area contributed by atoms with Gasteiger partial charge in [-0.15, -0.1) is 0 Å². The van der Waals surface area contributed by atoms with Gasteiger partial charge in [0.05, 0.1) is 16.6 Å². The van der Waals surface area contributed by atoms with Crippen LogP contribution in [0.15, 0.2) is 47.7 Å². The Labute approximate surface area is 136 Å². The molecule has 0 aliphatic carbocycles. The van der Waals surface area contributed by atoms with Gasteiger partial charge in [0.1, 0.15) is 12.1 Å². The van der Waals surface area contributed by atoms with Crippen LogP contribution in [0.4, 0.5) is 4.39 Å². The van der Waals surface area contributed by atoms with Gasteiger partial charge in [0.2, 0.25) is 0 Å². The maximum atomic E-state index is 13.3. The van der Waals surface area contributed by atoms with Crippen molar-refractivity contribution in [3.8, 4) is 11.3 Å². The Morgan fingerprint density at radius 2 is 1.96 bits per heavy atom. The van der Waals surface area contributed by atoms with E-state index in [-0.39, 0.29) is 11.4 Å². The summed E-state index contributed by atoms with van der Waals surface area (Å²) in [5.41, 5.74) is 1.67. The molecular formula is C17H14FN5O. The summed E-state index contributed by atoms with van der Waals surface area (Å²) < 4.78 is 16.5. The first kappa shape index (κ1) is 14.5. The number of rotatable bonds is 3. The summed E-state index contributed by atoms with van der Waals surface area (Å²) in [6, 6.07) is 7.77. The van der Waals surface area contributed by atoms with Gasteiger partial charge in [0.25, 0.3) is 11.3 Å². The van der Waals surface area contributed by atoms with Crippen LogP contribution in [0.1, 0.15) is 13.3 Å². The van der Waals surface area contributed by atoms with Crippen molar-refractivity contribution in [2.24, 2.45) is 0 Å². The lowest BCUT2D eigenvalue weighted by Gasteiger charge is -2.11. The fourth-order valence-corrected chi connectivity index (χ4v) is 2.85. The number of nitrogens with zero attached hydrogens (tertiary/aromatic N) is 5. The zero-order valence-corrected chi connectivity index (χ0v) is 13.0. The van der Waals surface area contributed by atoms with E-state index in [2.05, 4.69) is 15.1 Å². The van der Waals surface area contributed by atoms with E-state index in [4.69, 9.17) is 0 Å². The monoisotopic (exact) mass is 323 g/mol. The molecule has 0 spiro atoms. The van der Waals surface area contributed by atoms with Crippen molar-refractivity contribution in [1.29, 1.82) is 0 Å². The number of pyridine rings is 1. The molecule has 3 heterocycles. The van der Waals surface area contributed by atoms with Gasteiger partial charge in [-0.25, -0.2) is 9.37 Å². The lowest BCUT2D eigenvalue weighted by atomic mass is 10.1. The van der Waals surface area contributed by atoms with Crippen LogP contribution in [0.5, 0.6) is 0 Å². The number of benzene rings is 1. The molecule has 1 aromatic carbocycles. The quantitative estimate of drug-likeness (QED) is 0.581. The molecule has 0 radical (unpaired) electrons. The van der Waals surface area contributed by atoms with E-state index in [1.165, 1.54) is 23.0 Å². The van der Waals surface area contributed by atoms with Crippen LogP contribution in [0.25, 0.3) is 27.9 Å². The topological polar surface area (TPSA) is 65.1 Å². The largest absolute Gasteiger partial charge is 0.315 e. The number of hydrogen-bond donors (Lipinski definition) is 0. The predicted molar refractivity (Wildman–Crippen MR) is 88.2 cm³/mol. The minimum Gasteiger partial charge on any atom is -0.315 e. The second kappa shape index (κ2) is 5.52. The Hall–Kier alpha value is -3.09. The van der Waals surface area contributed by atoms with Gasteiger partial charge >= 0.3 is 0 Å². The summed E-state index contributed by atoms with van der Waals surface area (Å²) in [4.78, 5) is 21.5. The van der Waals surface area contributed by atoms with Crippen molar-refractivity contribution in [1.82, 2.24) is 24.1 Å². The fraction of sp³-hybridized carbons (Fsp3) is 0.176. The van der Waals surface area contributed by atoms with Gasteiger partial charge in [-0.2, -0.15) is 14.6 Å². The van der Waals surface area contributed by atoms with E-state index < -0.39 is 0 Å². The van der Waals surface area contributed by atoms with Crippen molar-refractivity contribution in [2.45, 2.75) is 19.9 Å². The van der Waals surface area contributed by atoms with E-state index >= 15 is 0 Å². The SMILES string of the molecule is CCCn1ccc2nc3ncnn3c(-c3ccc(F)cc3)c2c1=O. The van der Waals surface area contributed by atoms with Gasteiger partial charge in [-0.3, -0.25) is 4.79 Å². The second-order valence-corrected chi connectivity index (χ2v) is 5.51. The first-order valence-electron chi connectivity index (χ1n) is 7.68. The molecule has 0 fully saturated rings. The Morgan fingerprint density at radius 3 is 2.71 bits per heavy atom. The normalized spacial score (nSPS) is 11.4. The maximum absolute atomic E-state index is 13.3. The summed E-state index contributed by atoms with van der Waals surface area (Å²) in [6.45, 7) is 2.63. The second-order valence-electron chi connectivity index (χ2n) is 5.51. The molecule has 0 aliphatic rings. The zero-order chi connectivity index (χ0) is 16.7. The molecule has 24 heavy (non-hydrogen) atoms. The molecule has 3 aromatic heterocycles. The third kappa shape index (κ3) is 2.17. The lowest BCUT2D eigenvalue weighted by Crippen LogP contribution is -2.21. The van der Waals surface area contributed by atoms with E-state index in [0.717, 1.165) is 6.42 Å². The van der Waals surface area contributed by atoms with Crippen molar-refractivity contribution in [3.63, 3.8) is 0 Å². The van der Waals surface area contributed by atoms with Crippen molar-refractivity contribution in [2.75, 3.05) is 0 Å². The average Bonchev–Trinajstić information content (AvgIpc) is 3.05. The van der Waals surface area contributed by atoms with Gasteiger partial charge in [0, 0.05) is 18.3 Å². The van der Waals surface area contributed by atoms with Gasteiger partial charge < -0.3 is 4.57 Å². The fourth-order valence-electron chi connectivity index (χ4n) is 2.85. The van der Waals surface area contributed by atoms with Crippen LogP contribution in [0.2, 0.25) is 0 Å². The van der Waals surface area contributed by atoms with Crippen LogP contribution in [0, 0.1) is 5.82 Å². The van der Waals surface area contributed by atoms with Gasteiger partial charge in [-0.05, 0) is 36.8 Å². The summed E-state index contributed by atoms with van der Waals surface area (Å²) in [7, 11) is 0. The van der Waals surface area contributed by atoms with Crippen LogP contribution in [-0.2, 0) is 6.54 Å². The van der Waals surface area contributed by atoms with Crippen LogP contribution >= 0.6 is 0 Å². The molecule has 0 bridgehead atoms. The molecule has 0 saturated carbocycles. The predicted octanol–water partition coefficient (Wildman–Crippen LogP) is 2.66. The third-order valence-corrected chi connectivity index (χ3v) is 3.92. The van der Waals surface area contributed by atoms with Crippen LogP contribution < -0.4 is 5.56 Å². The third-order valence-electron chi connectivity index (χ3n) is 3.92. The molecular weight excluding hydrogens is 309 g/mol. The Balaban J connectivity index is 2.16. The average molecular weight is 323 g/mol. The summed E-state index contributed by atoms with van der Waals surface area (Å²) >= 11 is 0. The summed E-state index contributed by atoms with van der Waals surface area (Å²) in [5, 5.41) is 4.64. The van der Waals surface area contributed by atoms with E-state index in [0.29, 0.717) is 34.5 Å². The first-order valence-corrected chi connectivity index (χ1v) is 7.68. The molecule has 0 saturated heterocycles. The highest BCUT2D eigenvalue weighted by atomic mass is 19.1. The van der Waals surface area contributed by atoms with E-state index in [1.54, 1.807) is 29.0 Å². The summed E-state index contributed by atoms with van der Waals surface area (Å²) in [6.07, 6.45) is 3.97. The van der Waals surface area contributed by atoms with Crippen LogP contribution in [0.3, 0.4) is 0 Å². The van der Waals surface area contributed by atoms with Crippen molar-refractivity contribution in [3.05, 3.63) is 59.0 Å². The molecule has 0 aliphatic heterocycles. The van der Waals surface area contributed by atoms with E-state index in [9.17, 15) is 9.18 Å². The molecule has 0 amide bonds. The Kier molecular flexibility index (Phi) is 3.34. The zero-order valence-electron chi connectivity index (χ0n) is 13.0. The van der Waals surface area contributed by atoms with Crippen molar-refractivity contribution < 1.29 is 4.39 Å². The highest BCUT2D eigenvalue weighted by Crippen LogP contribution is 2.26. The smallest absolute Gasteiger partial charge is 0.262 e. The van der Waals surface area contributed by atoms with Gasteiger partial charge in [-0.1, -0.05) is 6.92 Å². The molecule has 4 aromatic rings. The highest BCUT2D eigenvalue weighted by Gasteiger charge is 2.16. The number of fused-ring (bicyclic) bond motifs is 2. The standard InChI is InChI=1S/C17H14FN5O/c1-2-8-22-9-7-13-14(16(22)24)15(11-3-5-12(18)6-4-11)23-17(21-13)19-10-20-23/h3-7,9-10H,2,8H2,1H3. The molecule has 0 unspecified atom stereocenters. The lowest BCUT2D eigenvalue weighted by molar-refractivity contribution is 0.628. The highest BCUT2D eigenvalue weighted by molar-refractivity contribution is 5.93. The Bertz CT molecular complexity index is 1100. The molecule has 6 nitrogen and oxygen atoms in total. The number of aryl methyl sites for hydroxylation is 1. The first-order chi connectivity index (χ1) is 11.7. The van der Waals surface area contributed by atoms with Crippen molar-refractivity contribution >= 4 is 16.7 Å².